The molecule has 0 aliphatic heterocycles. The molecular formula is C13H17N3O2S. The van der Waals surface area contributed by atoms with E-state index in [1.54, 1.807) is 14.2 Å². The molecule has 0 aliphatic rings. The van der Waals surface area contributed by atoms with Crippen LogP contribution in [-0.2, 0) is 0 Å². The number of hydrogen-bond donors (Lipinski definition) is 1. The summed E-state index contributed by atoms with van der Waals surface area (Å²) in [5.74, 6) is 1.53. The summed E-state index contributed by atoms with van der Waals surface area (Å²) in [6, 6.07) is 5.81. The molecule has 2 rings (SSSR count). The van der Waals surface area contributed by atoms with Crippen LogP contribution in [0.25, 0.3) is 0 Å². The molecule has 1 N–H and O–H groups in total. The van der Waals surface area contributed by atoms with Gasteiger partial charge in [-0.05, 0) is 35.8 Å². The Morgan fingerprint density at radius 1 is 1.21 bits per heavy atom. The van der Waals surface area contributed by atoms with Crippen LogP contribution in [0.5, 0.6) is 11.5 Å². The number of aromatic nitrogens is 2. The molecule has 5 nitrogen and oxygen atoms in total. The van der Waals surface area contributed by atoms with Gasteiger partial charge in [-0.3, -0.25) is 0 Å². The lowest BCUT2D eigenvalue weighted by atomic mass is 10.0. The van der Waals surface area contributed by atoms with E-state index in [2.05, 4.69) is 21.8 Å². The number of ether oxygens (including phenoxy) is 2. The standard InChI is InChI=1S/C13H17N3O2S/c1-4-14-13(12-8-19-16-15-12)9-5-10(17-2)7-11(6-9)18-3/h5-8,13-14H,4H2,1-3H3. The molecule has 1 heterocycles. The first-order chi connectivity index (χ1) is 9.28. The van der Waals surface area contributed by atoms with Crippen molar-refractivity contribution in [1.29, 1.82) is 0 Å². The highest BCUT2D eigenvalue weighted by Crippen LogP contribution is 2.29. The van der Waals surface area contributed by atoms with Gasteiger partial charge >= 0.3 is 0 Å². The second-order valence-corrected chi connectivity index (χ2v) is 4.58. The molecule has 102 valence electrons. The molecule has 0 saturated heterocycles. The topological polar surface area (TPSA) is 56.3 Å². The van der Waals surface area contributed by atoms with Crippen LogP contribution in [0.1, 0.15) is 24.2 Å². The van der Waals surface area contributed by atoms with Crippen LogP contribution in [0.3, 0.4) is 0 Å². The molecule has 0 aliphatic carbocycles. The minimum Gasteiger partial charge on any atom is -0.497 e. The molecule has 1 aromatic heterocycles. The van der Waals surface area contributed by atoms with E-state index in [-0.39, 0.29) is 6.04 Å². The van der Waals surface area contributed by atoms with E-state index in [4.69, 9.17) is 9.47 Å². The lowest BCUT2D eigenvalue weighted by molar-refractivity contribution is 0.392. The molecule has 0 fully saturated rings. The number of nitrogens with one attached hydrogen (secondary N) is 1. The number of hydrogen-bond acceptors (Lipinski definition) is 6. The molecule has 0 bridgehead atoms. The first-order valence-corrected chi connectivity index (χ1v) is 6.85. The fourth-order valence-corrected chi connectivity index (χ4v) is 2.37. The van der Waals surface area contributed by atoms with Gasteiger partial charge in [-0.2, -0.15) is 0 Å². The van der Waals surface area contributed by atoms with Gasteiger partial charge < -0.3 is 14.8 Å². The van der Waals surface area contributed by atoms with Gasteiger partial charge in [0.1, 0.15) is 11.5 Å². The molecule has 0 amide bonds. The SMILES string of the molecule is CCNC(c1cc(OC)cc(OC)c1)c1csnn1. The third-order valence-corrected chi connectivity index (χ3v) is 3.31. The molecule has 1 aromatic carbocycles. The average Bonchev–Trinajstić information content (AvgIpc) is 2.97. The van der Waals surface area contributed by atoms with Crippen molar-refractivity contribution in [1.82, 2.24) is 14.9 Å². The second kappa shape index (κ2) is 6.49. The Morgan fingerprint density at radius 2 is 1.89 bits per heavy atom. The maximum absolute atomic E-state index is 5.30. The van der Waals surface area contributed by atoms with Crippen LogP contribution in [0.15, 0.2) is 23.6 Å². The van der Waals surface area contributed by atoms with Crippen molar-refractivity contribution in [2.45, 2.75) is 13.0 Å². The van der Waals surface area contributed by atoms with E-state index in [1.165, 1.54) is 11.5 Å². The molecule has 0 spiro atoms. The Morgan fingerprint density at radius 3 is 2.37 bits per heavy atom. The van der Waals surface area contributed by atoms with E-state index >= 15 is 0 Å². The predicted molar refractivity (Wildman–Crippen MR) is 75.0 cm³/mol. The van der Waals surface area contributed by atoms with Crippen LogP contribution in [0.4, 0.5) is 0 Å². The fourth-order valence-electron chi connectivity index (χ4n) is 1.89. The molecule has 6 heteroatoms. The minimum atomic E-state index is -0.00671. The van der Waals surface area contributed by atoms with Crippen LogP contribution in [-0.4, -0.2) is 30.4 Å². The minimum absolute atomic E-state index is 0.00671. The lowest BCUT2D eigenvalue weighted by Crippen LogP contribution is -2.22. The molecule has 1 atom stereocenters. The summed E-state index contributed by atoms with van der Waals surface area (Å²) in [7, 11) is 3.29. The highest BCUT2D eigenvalue weighted by Gasteiger charge is 2.17. The molecule has 0 radical (unpaired) electrons. The molecule has 2 aromatic rings. The van der Waals surface area contributed by atoms with Gasteiger partial charge in [-0.25, -0.2) is 0 Å². The second-order valence-electron chi connectivity index (χ2n) is 3.97. The third-order valence-electron chi connectivity index (χ3n) is 2.79. The number of rotatable bonds is 6. The lowest BCUT2D eigenvalue weighted by Gasteiger charge is -2.17. The van der Waals surface area contributed by atoms with Crippen LogP contribution < -0.4 is 14.8 Å². The van der Waals surface area contributed by atoms with Crippen LogP contribution in [0.2, 0.25) is 0 Å². The van der Waals surface area contributed by atoms with Gasteiger partial charge in [0.2, 0.25) is 0 Å². The highest BCUT2D eigenvalue weighted by atomic mass is 32.1. The van der Waals surface area contributed by atoms with Gasteiger partial charge in [0.25, 0.3) is 0 Å². The first-order valence-electron chi connectivity index (χ1n) is 6.01. The van der Waals surface area contributed by atoms with E-state index in [1.807, 2.05) is 23.6 Å². The Hall–Kier alpha value is -1.66. The largest absolute Gasteiger partial charge is 0.497 e. The highest BCUT2D eigenvalue weighted by molar-refractivity contribution is 7.03. The molecule has 0 saturated carbocycles. The summed E-state index contributed by atoms with van der Waals surface area (Å²) in [6.07, 6.45) is 0. The third kappa shape index (κ3) is 3.21. The van der Waals surface area contributed by atoms with E-state index in [0.717, 1.165) is 29.3 Å². The van der Waals surface area contributed by atoms with Gasteiger partial charge in [-0.1, -0.05) is 11.4 Å². The van der Waals surface area contributed by atoms with Crippen LogP contribution in [0, 0.1) is 0 Å². The zero-order chi connectivity index (χ0) is 13.7. The molecular weight excluding hydrogens is 262 g/mol. The maximum Gasteiger partial charge on any atom is 0.122 e. The number of methoxy groups -OCH3 is 2. The fraction of sp³-hybridized carbons (Fsp3) is 0.385. The van der Waals surface area contributed by atoms with Crippen molar-refractivity contribution < 1.29 is 9.47 Å². The van der Waals surface area contributed by atoms with Crippen molar-refractivity contribution in [3.63, 3.8) is 0 Å². The first kappa shape index (κ1) is 13.8. The number of nitrogens with zero attached hydrogens (tertiary/aromatic N) is 2. The van der Waals surface area contributed by atoms with E-state index in [0.29, 0.717) is 0 Å². The van der Waals surface area contributed by atoms with Crippen molar-refractivity contribution >= 4 is 11.5 Å². The molecule has 1 unspecified atom stereocenters. The van der Waals surface area contributed by atoms with Crippen molar-refractivity contribution in [3.8, 4) is 11.5 Å². The van der Waals surface area contributed by atoms with Gasteiger partial charge in [-0.15, -0.1) is 5.10 Å². The summed E-state index contributed by atoms with van der Waals surface area (Å²) in [6.45, 7) is 2.89. The number of benzene rings is 1. The Labute approximate surface area is 116 Å². The summed E-state index contributed by atoms with van der Waals surface area (Å²) in [4.78, 5) is 0. The van der Waals surface area contributed by atoms with E-state index in [9.17, 15) is 0 Å². The molecule has 19 heavy (non-hydrogen) atoms. The van der Waals surface area contributed by atoms with Gasteiger partial charge in [0.05, 0.1) is 26.0 Å². The van der Waals surface area contributed by atoms with Crippen LogP contribution >= 0.6 is 11.5 Å². The monoisotopic (exact) mass is 279 g/mol. The van der Waals surface area contributed by atoms with Gasteiger partial charge in [0, 0.05) is 11.4 Å². The maximum atomic E-state index is 5.30. The summed E-state index contributed by atoms with van der Waals surface area (Å²) >= 11 is 1.34. The van der Waals surface area contributed by atoms with E-state index < -0.39 is 0 Å². The summed E-state index contributed by atoms with van der Waals surface area (Å²) in [5.41, 5.74) is 1.95. The Kier molecular flexibility index (Phi) is 4.70. The normalized spacial score (nSPS) is 12.2. The zero-order valence-electron chi connectivity index (χ0n) is 11.2. The predicted octanol–water partition coefficient (Wildman–Crippen LogP) is 2.25. The van der Waals surface area contributed by atoms with Crippen molar-refractivity contribution in [2.24, 2.45) is 0 Å². The average molecular weight is 279 g/mol. The Balaban J connectivity index is 2.41. The van der Waals surface area contributed by atoms with Crippen molar-refractivity contribution in [3.05, 3.63) is 34.8 Å². The van der Waals surface area contributed by atoms with Gasteiger partial charge in [0.15, 0.2) is 0 Å². The zero-order valence-corrected chi connectivity index (χ0v) is 12.0. The quantitative estimate of drug-likeness (QED) is 0.879. The Bertz CT molecular complexity index is 494. The summed E-state index contributed by atoms with van der Waals surface area (Å²) in [5, 5.41) is 9.49. The smallest absolute Gasteiger partial charge is 0.122 e. The summed E-state index contributed by atoms with van der Waals surface area (Å²) < 4.78 is 14.5. The van der Waals surface area contributed by atoms with Crippen molar-refractivity contribution in [2.75, 3.05) is 20.8 Å².